The number of carbonyl (C=O) groups is 1. The number of likely N-dealkylation sites (tertiary alicyclic amines) is 1. The van der Waals surface area contributed by atoms with Crippen molar-refractivity contribution in [3.63, 3.8) is 0 Å². The molecule has 1 fully saturated rings. The third kappa shape index (κ3) is 2.31. The van der Waals surface area contributed by atoms with Gasteiger partial charge in [0.2, 0.25) is 0 Å². The molecular formula is C15H18N4O2. The third-order valence-corrected chi connectivity index (χ3v) is 3.99. The number of nitrogens with zero attached hydrogens (tertiary/aromatic N) is 3. The van der Waals surface area contributed by atoms with Crippen molar-refractivity contribution in [3.8, 4) is 0 Å². The number of hydrogen-bond acceptors (Lipinski definition) is 4. The maximum atomic E-state index is 12.6. The van der Waals surface area contributed by atoms with Gasteiger partial charge in [0.05, 0.1) is 0 Å². The quantitative estimate of drug-likeness (QED) is 0.875. The number of fused-ring (bicyclic) bond motifs is 1. The molecule has 0 spiro atoms. The Morgan fingerprint density at radius 1 is 1.48 bits per heavy atom. The van der Waals surface area contributed by atoms with Gasteiger partial charge in [-0.05, 0) is 31.4 Å². The van der Waals surface area contributed by atoms with E-state index in [9.17, 15) is 9.59 Å². The lowest BCUT2D eigenvalue weighted by atomic mass is 10.2. The zero-order valence-corrected chi connectivity index (χ0v) is 12.0. The van der Waals surface area contributed by atoms with Gasteiger partial charge in [-0.3, -0.25) is 14.0 Å². The van der Waals surface area contributed by atoms with Crippen LogP contribution in [-0.4, -0.2) is 39.3 Å². The number of aryl methyl sites for hydroxylation is 1. The molecule has 6 heteroatoms. The van der Waals surface area contributed by atoms with E-state index in [4.69, 9.17) is 5.73 Å². The van der Waals surface area contributed by atoms with Crippen molar-refractivity contribution in [2.45, 2.75) is 25.8 Å². The molecule has 110 valence electrons. The van der Waals surface area contributed by atoms with Crippen molar-refractivity contribution in [2.75, 3.05) is 13.1 Å². The third-order valence-electron chi connectivity index (χ3n) is 3.99. The number of hydrogen-bond donors (Lipinski definition) is 1. The molecule has 0 bridgehead atoms. The molecule has 2 N–H and O–H groups in total. The molecule has 0 saturated carbocycles. The second-order valence-electron chi connectivity index (χ2n) is 5.44. The van der Waals surface area contributed by atoms with E-state index in [-0.39, 0.29) is 23.1 Å². The van der Waals surface area contributed by atoms with Crippen LogP contribution in [0.4, 0.5) is 0 Å². The Kier molecular flexibility index (Phi) is 3.47. The summed E-state index contributed by atoms with van der Waals surface area (Å²) in [5.41, 5.74) is 6.96. The summed E-state index contributed by atoms with van der Waals surface area (Å²) in [6.45, 7) is 2.97. The van der Waals surface area contributed by atoms with Gasteiger partial charge in [-0.2, -0.15) is 0 Å². The zero-order valence-electron chi connectivity index (χ0n) is 12.0. The molecule has 1 unspecified atom stereocenters. The minimum Gasteiger partial charge on any atom is -0.334 e. The van der Waals surface area contributed by atoms with E-state index < -0.39 is 0 Å². The van der Waals surface area contributed by atoms with Gasteiger partial charge in [0.1, 0.15) is 11.2 Å². The Morgan fingerprint density at radius 2 is 2.29 bits per heavy atom. The highest BCUT2D eigenvalue weighted by atomic mass is 16.2. The average molecular weight is 286 g/mol. The number of nitrogens with two attached hydrogens (primary N) is 1. The predicted octanol–water partition coefficient (Wildman–Crippen LogP) is 0.566. The van der Waals surface area contributed by atoms with Gasteiger partial charge in [-0.25, -0.2) is 4.98 Å². The second kappa shape index (κ2) is 5.29. The minimum atomic E-state index is -0.323. The summed E-state index contributed by atoms with van der Waals surface area (Å²) in [7, 11) is 0. The number of amides is 1. The van der Waals surface area contributed by atoms with Crippen LogP contribution in [0.3, 0.4) is 0 Å². The minimum absolute atomic E-state index is 0.0232. The number of aromatic nitrogens is 2. The number of rotatable bonds is 2. The lowest BCUT2D eigenvalue weighted by molar-refractivity contribution is 0.0739. The molecule has 1 aliphatic rings. The molecule has 0 aliphatic carbocycles. The zero-order chi connectivity index (χ0) is 15.0. The number of carbonyl (C=O) groups excluding carboxylic acids is 1. The molecule has 1 amide bonds. The van der Waals surface area contributed by atoms with E-state index in [0.717, 1.165) is 18.4 Å². The summed E-state index contributed by atoms with van der Waals surface area (Å²) in [4.78, 5) is 31.0. The molecule has 0 radical (unpaired) electrons. The molecule has 3 rings (SSSR count). The van der Waals surface area contributed by atoms with Crippen LogP contribution in [0, 0.1) is 6.92 Å². The van der Waals surface area contributed by atoms with Crippen LogP contribution in [0.25, 0.3) is 5.65 Å². The van der Waals surface area contributed by atoms with E-state index in [0.29, 0.717) is 18.7 Å². The van der Waals surface area contributed by atoms with Gasteiger partial charge >= 0.3 is 0 Å². The molecule has 3 heterocycles. The highest BCUT2D eigenvalue weighted by Gasteiger charge is 2.30. The lowest BCUT2D eigenvalue weighted by Crippen LogP contribution is -2.42. The fourth-order valence-corrected chi connectivity index (χ4v) is 2.83. The first-order chi connectivity index (χ1) is 10.1. The van der Waals surface area contributed by atoms with Gasteiger partial charge in [-0.15, -0.1) is 0 Å². The van der Waals surface area contributed by atoms with E-state index in [1.165, 1.54) is 10.6 Å². The monoisotopic (exact) mass is 286 g/mol. The highest BCUT2D eigenvalue weighted by molar-refractivity contribution is 5.94. The second-order valence-corrected chi connectivity index (χ2v) is 5.44. The van der Waals surface area contributed by atoms with Gasteiger partial charge in [0.15, 0.2) is 0 Å². The van der Waals surface area contributed by atoms with Crippen LogP contribution in [0.15, 0.2) is 29.3 Å². The summed E-state index contributed by atoms with van der Waals surface area (Å²) in [5, 5.41) is 0. The lowest BCUT2D eigenvalue weighted by Gasteiger charge is -2.23. The fourth-order valence-electron chi connectivity index (χ4n) is 2.83. The van der Waals surface area contributed by atoms with Crippen molar-refractivity contribution in [2.24, 2.45) is 5.73 Å². The topological polar surface area (TPSA) is 80.7 Å². The molecule has 1 atom stereocenters. The van der Waals surface area contributed by atoms with Crippen LogP contribution in [0.2, 0.25) is 0 Å². The van der Waals surface area contributed by atoms with Crippen LogP contribution >= 0.6 is 0 Å². The van der Waals surface area contributed by atoms with E-state index in [2.05, 4.69) is 4.98 Å². The Morgan fingerprint density at radius 3 is 3.05 bits per heavy atom. The Hall–Kier alpha value is -2.21. The number of pyridine rings is 1. The van der Waals surface area contributed by atoms with E-state index in [1.807, 2.05) is 13.0 Å². The summed E-state index contributed by atoms with van der Waals surface area (Å²) in [6.07, 6.45) is 4.89. The summed E-state index contributed by atoms with van der Waals surface area (Å²) in [5.74, 6) is -0.267. The van der Waals surface area contributed by atoms with Gasteiger partial charge < -0.3 is 10.6 Å². The average Bonchev–Trinajstić information content (AvgIpc) is 2.96. The Bertz CT molecular complexity index is 753. The van der Waals surface area contributed by atoms with Crippen LogP contribution in [0.5, 0.6) is 0 Å². The molecule has 6 nitrogen and oxygen atoms in total. The molecule has 1 saturated heterocycles. The molecule has 0 aromatic carbocycles. The van der Waals surface area contributed by atoms with E-state index >= 15 is 0 Å². The standard InChI is InChI=1S/C15H18N4O2/c1-10-4-5-13-17-8-12(15(21)19(13)9-10)14(20)18-6-2-3-11(18)7-16/h4-5,8-9,11H,2-3,6-7,16H2,1H3. The summed E-state index contributed by atoms with van der Waals surface area (Å²) in [6, 6.07) is 3.67. The summed E-state index contributed by atoms with van der Waals surface area (Å²) < 4.78 is 1.43. The van der Waals surface area contributed by atoms with Crippen LogP contribution < -0.4 is 11.3 Å². The predicted molar refractivity (Wildman–Crippen MR) is 79.3 cm³/mol. The van der Waals surface area contributed by atoms with Crippen LogP contribution in [0.1, 0.15) is 28.8 Å². The SMILES string of the molecule is Cc1ccc2ncc(C(=O)N3CCCC3CN)c(=O)n2c1. The maximum Gasteiger partial charge on any atom is 0.270 e. The molecule has 21 heavy (non-hydrogen) atoms. The first kappa shape index (κ1) is 13.8. The van der Waals surface area contributed by atoms with Gasteiger partial charge in [0, 0.05) is 31.5 Å². The first-order valence-corrected chi connectivity index (χ1v) is 7.11. The molecule has 2 aromatic rings. The van der Waals surface area contributed by atoms with Crippen molar-refractivity contribution < 1.29 is 4.79 Å². The first-order valence-electron chi connectivity index (χ1n) is 7.11. The molecule has 2 aromatic heterocycles. The smallest absolute Gasteiger partial charge is 0.270 e. The van der Waals surface area contributed by atoms with Crippen molar-refractivity contribution in [1.29, 1.82) is 0 Å². The molecular weight excluding hydrogens is 268 g/mol. The van der Waals surface area contributed by atoms with Crippen molar-refractivity contribution in [3.05, 3.63) is 46.0 Å². The largest absolute Gasteiger partial charge is 0.334 e. The van der Waals surface area contributed by atoms with Crippen molar-refractivity contribution in [1.82, 2.24) is 14.3 Å². The Balaban J connectivity index is 2.06. The maximum absolute atomic E-state index is 12.6. The van der Waals surface area contributed by atoms with Crippen LogP contribution in [-0.2, 0) is 0 Å². The van der Waals surface area contributed by atoms with Crippen molar-refractivity contribution >= 4 is 11.6 Å². The Labute approximate surface area is 122 Å². The normalized spacial score (nSPS) is 18.4. The highest BCUT2D eigenvalue weighted by Crippen LogP contribution is 2.18. The van der Waals surface area contributed by atoms with E-state index in [1.54, 1.807) is 17.2 Å². The fraction of sp³-hybridized carbons (Fsp3) is 0.400. The summed E-state index contributed by atoms with van der Waals surface area (Å²) >= 11 is 0. The van der Waals surface area contributed by atoms with Gasteiger partial charge in [-0.1, -0.05) is 6.07 Å². The molecule has 1 aliphatic heterocycles. The van der Waals surface area contributed by atoms with Gasteiger partial charge in [0.25, 0.3) is 11.5 Å².